The molecule has 0 bridgehead atoms. The number of hydrazone groups is 1. The quantitative estimate of drug-likeness (QED) is 0.551. The van der Waals surface area contributed by atoms with Crippen LogP contribution in [0.5, 0.6) is 17.2 Å². The molecule has 5 rings (SSSR count). The van der Waals surface area contributed by atoms with E-state index in [4.69, 9.17) is 30.9 Å². The average molecular weight is 421 g/mol. The third-order valence-electron chi connectivity index (χ3n) is 5.57. The van der Waals surface area contributed by atoms with Crippen LogP contribution in [0.15, 0.2) is 71.8 Å². The average Bonchev–Trinajstić information content (AvgIpc) is 3.24. The zero-order valence-electron chi connectivity index (χ0n) is 16.7. The van der Waals surface area contributed by atoms with E-state index in [-0.39, 0.29) is 12.3 Å². The highest BCUT2D eigenvalue weighted by molar-refractivity contribution is 6.30. The second-order valence-electron chi connectivity index (χ2n) is 7.28. The van der Waals surface area contributed by atoms with E-state index in [9.17, 15) is 0 Å². The molecular formula is C24H21ClN2O3. The summed E-state index contributed by atoms with van der Waals surface area (Å²) in [4.78, 5) is 0. The van der Waals surface area contributed by atoms with Crippen LogP contribution in [-0.2, 0) is 0 Å². The molecule has 2 aliphatic heterocycles. The molecule has 5 nitrogen and oxygen atoms in total. The number of halogens is 1. The van der Waals surface area contributed by atoms with Crippen molar-refractivity contribution in [2.75, 3.05) is 14.2 Å². The number of hydrogen-bond acceptors (Lipinski definition) is 5. The first-order valence-electron chi connectivity index (χ1n) is 9.77. The maximum atomic E-state index is 6.41. The van der Waals surface area contributed by atoms with Gasteiger partial charge in [0.15, 0.2) is 11.5 Å². The molecule has 152 valence electrons. The lowest BCUT2D eigenvalue weighted by atomic mass is 9.96. The molecule has 6 heteroatoms. The minimum absolute atomic E-state index is 0.0960. The molecule has 0 N–H and O–H groups in total. The Hall–Kier alpha value is -3.18. The Morgan fingerprint density at radius 1 is 0.967 bits per heavy atom. The summed E-state index contributed by atoms with van der Waals surface area (Å²) in [5.41, 5.74) is 4.18. The van der Waals surface area contributed by atoms with Crippen LogP contribution in [0, 0.1) is 0 Å². The monoisotopic (exact) mass is 420 g/mol. The van der Waals surface area contributed by atoms with Crippen molar-refractivity contribution < 1.29 is 14.2 Å². The molecule has 0 saturated heterocycles. The third-order valence-corrected chi connectivity index (χ3v) is 5.82. The second-order valence-corrected chi connectivity index (χ2v) is 7.71. The lowest BCUT2D eigenvalue weighted by Crippen LogP contribution is -2.33. The van der Waals surface area contributed by atoms with Crippen molar-refractivity contribution in [3.8, 4) is 17.2 Å². The van der Waals surface area contributed by atoms with E-state index in [0.29, 0.717) is 16.5 Å². The molecule has 30 heavy (non-hydrogen) atoms. The van der Waals surface area contributed by atoms with Gasteiger partial charge in [0, 0.05) is 22.6 Å². The van der Waals surface area contributed by atoms with Crippen LogP contribution in [0.1, 0.15) is 35.4 Å². The predicted molar refractivity (Wildman–Crippen MR) is 117 cm³/mol. The summed E-state index contributed by atoms with van der Waals surface area (Å²) in [5, 5.41) is 7.74. The summed E-state index contributed by atoms with van der Waals surface area (Å²) in [6.45, 7) is 0. The molecule has 2 atom stereocenters. The molecule has 2 aliphatic rings. The first-order valence-corrected chi connectivity index (χ1v) is 10.1. The largest absolute Gasteiger partial charge is 0.493 e. The van der Waals surface area contributed by atoms with Gasteiger partial charge in [-0.3, -0.25) is 0 Å². The van der Waals surface area contributed by atoms with E-state index < -0.39 is 0 Å². The first kappa shape index (κ1) is 18.8. The molecule has 3 aromatic carbocycles. The van der Waals surface area contributed by atoms with Gasteiger partial charge in [0.2, 0.25) is 6.23 Å². The Morgan fingerprint density at radius 2 is 1.73 bits per heavy atom. The number of para-hydroxylation sites is 1. The SMILES string of the molecule is COc1ccc([C@@H]2Oc3ccccc3[C@@H]3CC(c4ccc(Cl)cc4)=NN32)cc1OC. The Morgan fingerprint density at radius 3 is 2.50 bits per heavy atom. The summed E-state index contributed by atoms with van der Waals surface area (Å²) < 4.78 is 17.3. The van der Waals surface area contributed by atoms with E-state index in [2.05, 4.69) is 6.07 Å². The summed E-state index contributed by atoms with van der Waals surface area (Å²) >= 11 is 6.07. The van der Waals surface area contributed by atoms with Crippen LogP contribution >= 0.6 is 11.6 Å². The fourth-order valence-electron chi connectivity index (χ4n) is 4.08. The number of rotatable bonds is 4. The highest BCUT2D eigenvalue weighted by Gasteiger charge is 2.41. The second kappa shape index (κ2) is 7.58. The Balaban J connectivity index is 1.58. The highest BCUT2D eigenvalue weighted by atomic mass is 35.5. The number of benzene rings is 3. The van der Waals surface area contributed by atoms with Crippen molar-refractivity contribution in [1.29, 1.82) is 0 Å². The molecule has 3 aromatic rings. The fourth-order valence-corrected chi connectivity index (χ4v) is 4.20. The standard InChI is InChI=1S/C24H21ClN2O3/c1-28-22-12-9-16(13-23(22)29-2)24-27-20(18-5-3-4-6-21(18)30-24)14-19(26-27)15-7-10-17(25)11-8-15/h3-13,20,24H,14H2,1-2H3/t20-,24-/m0/s1. The van der Waals surface area contributed by atoms with Crippen LogP contribution in [0.4, 0.5) is 0 Å². The van der Waals surface area contributed by atoms with E-state index in [0.717, 1.165) is 34.6 Å². The third kappa shape index (κ3) is 3.15. The van der Waals surface area contributed by atoms with Gasteiger partial charge in [0.05, 0.1) is 26.0 Å². The van der Waals surface area contributed by atoms with Crippen LogP contribution < -0.4 is 14.2 Å². The molecule has 0 aromatic heterocycles. The molecular weight excluding hydrogens is 400 g/mol. The van der Waals surface area contributed by atoms with Crippen molar-refractivity contribution in [2.45, 2.75) is 18.7 Å². The van der Waals surface area contributed by atoms with Gasteiger partial charge in [-0.2, -0.15) is 5.10 Å². The molecule has 0 aliphatic carbocycles. The van der Waals surface area contributed by atoms with Crippen molar-refractivity contribution in [1.82, 2.24) is 5.01 Å². The lowest BCUT2D eigenvalue weighted by molar-refractivity contribution is -0.0191. The minimum Gasteiger partial charge on any atom is -0.493 e. The van der Waals surface area contributed by atoms with E-state index in [1.807, 2.05) is 65.7 Å². The first-order chi connectivity index (χ1) is 14.7. The molecule has 0 radical (unpaired) electrons. The smallest absolute Gasteiger partial charge is 0.214 e. The number of ether oxygens (including phenoxy) is 3. The normalized spacial score (nSPS) is 19.4. The lowest BCUT2D eigenvalue weighted by Gasteiger charge is -2.38. The van der Waals surface area contributed by atoms with E-state index in [1.54, 1.807) is 14.2 Å². The maximum absolute atomic E-state index is 6.41. The zero-order chi connectivity index (χ0) is 20.7. The Labute approximate surface area is 180 Å². The van der Waals surface area contributed by atoms with Gasteiger partial charge >= 0.3 is 0 Å². The van der Waals surface area contributed by atoms with Crippen molar-refractivity contribution in [2.24, 2.45) is 5.10 Å². The number of fused-ring (bicyclic) bond motifs is 3. The topological polar surface area (TPSA) is 43.3 Å². The van der Waals surface area contributed by atoms with Gasteiger partial charge in [-0.25, -0.2) is 5.01 Å². The Bertz CT molecular complexity index is 1110. The Kier molecular flexibility index (Phi) is 4.75. The van der Waals surface area contributed by atoms with E-state index in [1.165, 1.54) is 0 Å². The van der Waals surface area contributed by atoms with Crippen molar-refractivity contribution >= 4 is 17.3 Å². The minimum atomic E-state index is -0.366. The van der Waals surface area contributed by atoms with Crippen LogP contribution in [0.3, 0.4) is 0 Å². The summed E-state index contributed by atoms with van der Waals surface area (Å²) in [7, 11) is 3.26. The summed E-state index contributed by atoms with van der Waals surface area (Å²) in [5.74, 6) is 2.22. The van der Waals surface area contributed by atoms with E-state index >= 15 is 0 Å². The maximum Gasteiger partial charge on any atom is 0.214 e. The van der Waals surface area contributed by atoms with Gasteiger partial charge < -0.3 is 14.2 Å². The van der Waals surface area contributed by atoms with Crippen LogP contribution in [-0.4, -0.2) is 24.9 Å². The van der Waals surface area contributed by atoms with Gasteiger partial charge in [-0.05, 0) is 42.0 Å². The molecule has 0 fully saturated rings. The van der Waals surface area contributed by atoms with Crippen LogP contribution in [0.25, 0.3) is 0 Å². The number of methoxy groups -OCH3 is 2. The molecule has 0 spiro atoms. The zero-order valence-corrected chi connectivity index (χ0v) is 17.5. The molecule has 0 amide bonds. The summed E-state index contributed by atoms with van der Waals surface area (Å²) in [6, 6.07) is 21.9. The van der Waals surface area contributed by atoms with Crippen LogP contribution in [0.2, 0.25) is 5.02 Å². The van der Waals surface area contributed by atoms with Crippen molar-refractivity contribution in [3.63, 3.8) is 0 Å². The molecule has 2 heterocycles. The van der Waals surface area contributed by atoms with Gasteiger partial charge in [-0.1, -0.05) is 41.9 Å². The summed E-state index contributed by atoms with van der Waals surface area (Å²) in [6.07, 6.45) is 0.431. The van der Waals surface area contributed by atoms with Crippen molar-refractivity contribution in [3.05, 3.63) is 88.4 Å². The number of nitrogens with zero attached hydrogens (tertiary/aromatic N) is 2. The fraction of sp³-hybridized carbons (Fsp3) is 0.208. The highest BCUT2D eigenvalue weighted by Crippen LogP contribution is 2.48. The predicted octanol–water partition coefficient (Wildman–Crippen LogP) is 5.60. The van der Waals surface area contributed by atoms with Gasteiger partial charge in [-0.15, -0.1) is 0 Å². The molecule has 0 saturated carbocycles. The molecule has 0 unspecified atom stereocenters. The number of hydrogen-bond donors (Lipinski definition) is 0. The van der Waals surface area contributed by atoms with Gasteiger partial charge in [0.1, 0.15) is 5.75 Å². The van der Waals surface area contributed by atoms with Gasteiger partial charge in [0.25, 0.3) is 0 Å².